The van der Waals surface area contributed by atoms with Crippen LogP contribution in [0.5, 0.6) is 0 Å². The summed E-state index contributed by atoms with van der Waals surface area (Å²) in [5.41, 5.74) is 15.1. The maximum atomic E-state index is 5.57. The van der Waals surface area contributed by atoms with Crippen molar-refractivity contribution in [3.8, 4) is 50.6 Å². The van der Waals surface area contributed by atoms with E-state index in [1.54, 1.807) is 0 Å². The summed E-state index contributed by atoms with van der Waals surface area (Å²) in [6, 6.07) is 68.2. The Labute approximate surface area is 336 Å². The minimum absolute atomic E-state index is 0.113. The molecule has 3 nitrogen and oxygen atoms in total. The Morgan fingerprint density at radius 1 is 0.379 bits per heavy atom. The Bertz CT molecular complexity index is 3470. The van der Waals surface area contributed by atoms with Crippen LogP contribution in [0, 0.1) is 0 Å². The van der Waals surface area contributed by atoms with Crippen LogP contribution in [0.3, 0.4) is 0 Å². The summed E-state index contributed by atoms with van der Waals surface area (Å²) < 4.78 is 2.34. The second-order valence-corrected chi connectivity index (χ2v) is 16.1. The summed E-state index contributed by atoms with van der Waals surface area (Å²) in [5, 5.41) is 8.23. The molecule has 0 unspecified atom stereocenters. The SMILES string of the molecule is CC1(C)c2ccccc2-c2ccc(-c3cccc4c5ccc6ccccc6c5n(-c5nc(-c6ccc(-c7cccc8ccccc78)cc6)c6ccccc6n5)c34)cc21. The molecule has 3 heteroatoms. The molecule has 0 N–H and O–H groups in total. The summed E-state index contributed by atoms with van der Waals surface area (Å²) in [6.45, 7) is 4.70. The molecule has 1 aliphatic rings. The van der Waals surface area contributed by atoms with Gasteiger partial charge in [0.2, 0.25) is 5.95 Å². The summed E-state index contributed by atoms with van der Waals surface area (Å²) >= 11 is 0. The molecule has 0 atom stereocenters. The van der Waals surface area contributed by atoms with Gasteiger partial charge >= 0.3 is 0 Å². The first kappa shape index (κ1) is 32.8. The highest BCUT2D eigenvalue weighted by molar-refractivity contribution is 6.21. The second-order valence-electron chi connectivity index (χ2n) is 16.1. The molecule has 2 heterocycles. The van der Waals surface area contributed by atoms with E-state index in [1.807, 2.05) is 0 Å². The first-order chi connectivity index (χ1) is 28.5. The van der Waals surface area contributed by atoms with Gasteiger partial charge in [-0.25, -0.2) is 9.97 Å². The number of rotatable bonds is 4. The lowest BCUT2D eigenvalue weighted by molar-refractivity contribution is 0.660. The molecule has 12 rings (SSSR count). The number of para-hydroxylation sites is 2. The topological polar surface area (TPSA) is 30.7 Å². The number of benzene rings is 9. The number of nitrogens with zero attached hydrogens (tertiary/aromatic N) is 3. The van der Waals surface area contributed by atoms with E-state index in [-0.39, 0.29) is 5.41 Å². The Morgan fingerprint density at radius 3 is 1.83 bits per heavy atom. The van der Waals surface area contributed by atoms with Crippen molar-refractivity contribution in [2.24, 2.45) is 0 Å². The third-order valence-corrected chi connectivity index (χ3v) is 12.6. The van der Waals surface area contributed by atoms with Gasteiger partial charge in [0.15, 0.2) is 0 Å². The molecule has 0 bridgehead atoms. The Balaban J connectivity index is 1.12. The van der Waals surface area contributed by atoms with Gasteiger partial charge in [0, 0.05) is 38.1 Å². The molecule has 0 saturated heterocycles. The summed E-state index contributed by atoms with van der Waals surface area (Å²) in [5.74, 6) is 0.657. The predicted octanol–water partition coefficient (Wildman–Crippen LogP) is 14.3. The van der Waals surface area contributed by atoms with Gasteiger partial charge in [-0.3, -0.25) is 4.57 Å². The molecule has 0 radical (unpaired) electrons. The fourth-order valence-corrected chi connectivity index (χ4v) is 9.80. The molecule has 0 amide bonds. The Morgan fingerprint density at radius 2 is 0.966 bits per heavy atom. The molecule has 0 fully saturated rings. The van der Waals surface area contributed by atoms with E-state index in [9.17, 15) is 0 Å². The van der Waals surface area contributed by atoms with Crippen molar-refractivity contribution in [3.63, 3.8) is 0 Å². The van der Waals surface area contributed by atoms with Crippen molar-refractivity contribution in [2.45, 2.75) is 19.3 Å². The first-order valence-corrected chi connectivity index (χ1v) is 20.1. The molecule has 272 valence electrons. The third kappa shape index (κ3) is 4.74. The van der Waals surface area contributed by atoms with Crippen LogP contribution in [0.25, 0.3) is 105 Å². The second kappa shape index (κ2) is 12.3. The van der Waals surface area contributed by atoms with Gasteiger partial charge in [-0.15, -0.1) is 0 Å². The van der Waals surface area contributed by atoms with Crippen LogP contribution in [0.2, 0.25) is 0 Å². The highest BCUT2D eigenvalue weighted by Gasteiger charge is 2.35. The summed E-state index contributed by atoms with van der Waals surface area (Å²) in [4.78, 5) is 11.0. The van der Waals surface area contributed by atoms with Gasteiger partial charge < -0.3 is 0 Å². The van der Waals surface area contributed by atoms with Crippen molar-refractivity contribution in [1.82, 2.24) is 14.5 Å². The summed E-state index contributed by atoms with van der Waals surface area (Å²) in [6.07, 6.45) is 0. The van der Waals surface area contributed by atoms with Crippen LogP contribution in [0.15, 0.2) is 188 Å². The zero-order chi connectivity index (χ0) is 38.5. The minimum atomic E-state index is -0.113. The van der Waals surface area contributed by atoms with Crippen LogP contribution in [-0.4, -0.2) is 14.5 Å². The monoisotopic (exact) mass is 739 g/mol. The van der Waals surface area contributed by atoms with Gasteiger partial charge in [0.1, 0.15) is 0 Å². The van der Waals surface area contributed by atoms with Crippen molar-refractivity contribution in [2.75, 3.05) is 0 Å². The molecule has 9 aromatic carbocycles. The van der Waals surface area contributed by atoms with Crippen LogP contribution in [-0.2, 0) is 5.41 Å². The van der Waals surface area contributed by atoms with Gasteiger partial charge in [-0.05, 0) is 67.2 Å². The van der Waals surface area contributed by atoms with E-state index in [0.717, 1.165) is 38.8 Å². The zero-order valence-corrected chi connectivity index (χ0v) is 32.2. The maximum absolute atomic E-state index is 5.57. The van der Waals surface area contributed by atoms with E-state index in [0.29, 0.717) is 5.95 Å². The van der Waals surface area contributed by atoms with Gasteiger partial charge in [-0.2, -0.15) is 0 Å². The highest BCUT2D eigenvalue weighted by Crippen LogP contribution is 2.50. The van der Waals surface area contributed by atoms with E-state index in [2.05, 4.69) is 206 Å². The van der Waals surface area contributed by atoms with E-state index in [1.165, 1.54) is 71.3 Å². The first-order valence-electron chi connectivity index (χ1n) is 20.1. The number of aromatic nitrogens is 3. The average molecular weight is 740 g/mol. The van der Waals surface area contributed by atoms with Crippen LogP contribution in [0.1, 0.15) is 25.0 Å². The van der Waals surface area contributed by atoms with Crippen molar-refractivity contribution < 1.29 is 0 Å². The molecule has 0 saturated carbocycles. The summed E-state index contributed by atoms with van der Waals surface area (Å²) in [7, 11) is 0. The average Bonchev–Trinajstić information content (AvgIpc) is 3.74. The predicted molar refractivity (Wildman–Crippen MR) is 243 cm³/mol. The lowest BCUT2D eigenvalue weighted by Crippen LogP contribution is -2.14. The van der Waals surface area contributed by atoms with Crippen molar-refractivity contribution >= 4 is 54.3 Å². The number of hydrogen-bond acceptors (Lipinski definition) is 2. The van der Waals surface area contributed by atoms with E-state index >= 15 is 0 Å². The van der Waals surface area contributed by atoms with Crippen molar-refractivity contribution in [3.05, 3.63) is 199 Å². The lowest BCUT2D eigenvalue weighted by atomic mass is 9.81. The number of hydrogen-bond donors (Lipinski definition) is 0. The van der Waals surface area contributed by atoms with Crippen LogP contribution >= 0.6 is 0 Å². The normalized spacial score (nSPS) is 13.1. The highest BCUT2D eigenvalue weighted by atomic mass is 15.2. The zero-order valence-electron chi connectivity index (χ0n) is 32.2. The Kier molecular flexibility index (Phi) is 6.98. The lowest BCUT2D eigenvalue weighted by Gasteiger charge is -2.22. The standard InChI is InChI=1S/C55H37N3/c1-55(2)48-23-9-7-18-43(48)44-31-30-38(33-49(44)55)42-21-12-22-45-46-32-29-35-14-4-6-17-41(35)52(46)58(53(42)45)54-56-50-24-10-8-19-47(50)51(57-54)37-27-25-36(26-28-37)40-20-11-15-34-13-3-5-16-39(34)40/h3-33H,1-2H3. The largest absolute Gasteiger partial charge is 0.277 e. The molecular weight excluding hydrogens is 703 g/mol. The van der Waals surface area contributed by atoms with E-state index < -0.39 is 0 Å². The van der Waals surface area contributed by atoms with Crippen molar-refractivity contribution in [1.29, 1.82) is 0 Å². The fourth-order valence-electron chi connectivity index (χ4n) is 9.80. The molecule has 11 aromatic rings. The molecule has 2 aromatic heterocycles. The quantitative estimate of drug-likeness (QED) is 0.180. The molecule has 0 spiro atoms. The third-order valence-electron chi connectivity index (χ3n) is 12.6. The smallest absolute Gasteiger partial charge is 0.235 e. The molecular formula is C55H37N3. The fraction of sp³-hybridized carbons (Fsp3) is 0.0545. The van der Waals surface area contributed by atoms with E-state index in [4.69, 9.17) is 9.97 Å². The molecule has 0 aliphatic heterocycles. The maximum Gasteiger partial charge on any atom is 0.235 e. The van der Waals surface area contributed by atoms with Gasteiger partial charge in [0.25, 0.3) is 0 Å². The minimum Gasteiger partial charge on any atom is -0.277 e. The Hall–Kier alpha value is -7.36. The van der Waals surface area contributed by atoms with Crippen LogP contribution < -0.4 is 0 Å². The van der Waals surface area contributed by atoms with Gasteiger partial charge in [-0.1, -0.05) is 190 Å². The molecule has 58 heavy (non-hydrogen) atoms. The number of fused-ring (bicyclic) bond motifs is 10. The van der Waals surface area contributed by atoms with Crippen LogP contribution in [0.4, 0.5) is 0 Å². The molecule has 1 aliphatic carbocycles. The van der Waals surface area contributed by atoms with Gasteiger partial charge in [0.05, 0.1) is 22.2 Å².